The molecular weight excluding hydrogens is 254 g/mol. The number of pyridine rings is 1. The van der Waals surface area contributed by atoms with Crippen LogP contribution in [-0.2, 0) is 0 Å². The molecule has 0 radical (unpaired) electrons. The minimum Gasteiger partial charge on any atom is -0.370 e. The van der Waals surface area contributed by atoms with Crippen molar-refractivity contribution in [3.63, 3.8) is 0 Å². The normalized spacial score (nSPS) is 9.94. The summed E-state index contributed by atoms with van der Waals surface area (Å²) in [5, 5.41) is 12.3. The molecule has 0 aliphatic heterocycles. The second-order valence-electron chi connectivity index (χ2n) is 3.66. The summed E-state index contributed by atoms with van der Waals surface area (Å²) in [5.74, 6) is 1.90. The fourth-order valence-electron chi connectivity index (χ4n) is 1.42. The first-order valence-electron chi connectivity index (χ1n) is 5.56. The summed E-state index contributed by atoms with van der Waals surface area (Å²) in [6.07, 6.45) is 5.68. The maximum Gasteiger partial charge on any atom is 0.132 e. The Hall–Kier alpha value is -0.920. The van der Waals surface area contributed by atoms with E-state index in [-0.39, 0.29) is 0 Å². The maximum absolute atomic E-state index is 8.79. The van der Waals surface area contributed by atoms with Crippen LogP contribution >= 0.6 is 23.4 Å². The number of aromatic nitrogens is 1. The van der Waals surface area contributed by atoms with Crippen LogP contribution in [0.1, 0.15) is 24.8 Å². The van der Waals surface area contributed by atoms with Crippen LogP contribution in [0.5, 0.6) is 0 Å². The van der Waals surface area contributed by atoms with E-state index in [1.54, 1.807) is 12.1 Å². The number of nitriles is 1. The summed E-state index contributed by atoms with van der Waals surface area (Å²) in [4.78, 5) is 4.11. The minimum absolute atomic E-state index is 0.355. The number of unbranched alkanes of at least 4 members (excludes halogenated alkanes) is 2. The lowest BCUT2D eigenvalue weighted by molar-refractivity contribution is 0.748. The number of hydrogen-bond donors (Lipinski definition) is 1. The highest BCUT2D eigenvalue weighted by Crippen LogP contribution is 2.14. The quantitative estimate of drug-likeness (QED) is 0.607. The van der Waals surface area contributed by atoms with Gasteiger partial charge in [-0.05, 0) is 37.0 Å². The molecule has 0 spiro atoms. The van der Waals surface area contributed by atoms with Gasteiger partial charge in [-0.3, -0.25) is 0 Å². The molecule has 0 aliphatic rings. The molecule has 0 amide bonds. The zero-order chi connectivity index (χ0) is 12.5. The van der Waals surface area contributed by atoms with Crippen LogP contribution in [0.4, 0.5) is 5.82 Å². The second kappa shape index (κ2) is 8.21. The van der Waals surface area contributed by atoms with E-state index < -0.39 is 0 Å². The van der Waals surface area contributed by atoms with Crippen molar-refractivity contribution in [1.29, 1.82) is 5.26 Å². The van der Waals surface area contributed by atoms with Gasteiger partial charge in [-0.15, -0.1) is 0 Å². The van der Waals surface area contributed by atoms with Crippen LogP contribution in [-0.4, -0.2) is 23.5 Å². The van der Waals surface area contributed by atoms with E-state index in [1.165, 1.54) is 18.6 Å². The molecule has 0 unspecified atom stereocenters. The Morgan fingerprint density at radius 1 is 1.41 bits per heavy atom. The Bertz CT molecular complexity index is 390. The standard InChI is InChI=1S/C12H16ClN3S/c1-17-6-4-2-3-5-15-12-8-10(9-14)7-11(13)16-12/h7-8H,2-6H2,1H3,(H,15,16). The van der Waals surface area contributed by atoms with Gasteiger partial charge in [0.25, 0.3) is 0 Å². The average molecular weight is 270 g/mol. The Morgan fingerprint density at radius 2 is 2.24 bits per heavy atom. The van der Waals surface area contributed by atoms with Crippen molar-refractivity contribution in [2.45, 2.75) is 19.3 Å². The van der Waals surface area contributed by atoms with E-state index in [1.807, 2.05) is 11.8 Å². The van der Waals surface area contributed by atoms with Crippen LogP contribution in [0.25, 0.3) is 0 Å². The van der Waals surface area contributed by atoms with Crippen molar-refractivity contribution in [3.8, 4) is 6.07 Å². The van der Waals surface area contributed by atoms with E-state index in [4.69, 9.17) is 16.9 Å². The first-order valence-corrected chi connectivity index (χ1v) is 7.34. The lowest BCUT2D eigenvalue weighted by Crippen LogP contribution is -2.03. The van der Waals surface area contributed by atoms with Crippen LogP contribution in [0.15, 0.2) is 12.1 Å². The molecule has 0 aromatic carbocycles. The summed E-state index contributed by atoms with van der Waals surface area (Å²) < 4.78 is 0. The maximum atomic E-state index is 8.79. The Labute approximate surface area is 112 Å². The van der Waals surface area contributed by atoms with Crippen molar-refractivity contribution < 1.29 is 0 Å². The summed E-state index contributed by atoms with van der Waals surface area (Å²) in [6, 6.07) is 5.34. The highest BCUT2D eigenvalue weighted by Gasteiger charge is 2.00. The van der Waals surface area contributed by atoms with Crippen LogP contribution < -0.4 is 5.32 Å². The smallest absolute Gasteiger partial charge is 0.132 e. The molecule has 5 heteroatoms. The summed E-state index contributed by atoms with van der Waals surface area (Å²) in [7, 11) is 0. The summed E-state index contributed by atoms with van der Waals surface area (Å²) >= 11 is 7.68. The first kappa shape index (κ1) is 14.1. The van der Waals surface area contributed by atoms with Crippen molar-refractivity contribution in [2.24, 2.45) is 0 Å². The monoisotopic (exact) mass is 269 g/mol. The van der Waals surface area contributed by atoms with Gasteiger partial charge >= 0.3 is 0 Å². The molecule has 0 saturated heterocycles. The van der Waals surface area contributed by atoms with Crippen LogP contribution in [0.3, 0.4) is 0 Å². The van der Waals surface area contributed by atoms with Gasteiger partial charge in [-0.1, -0.05) is 18.0 Å². The average Bonchev–Trinajstić information content (AvgIpc) is 2.33. The van der Waals surface area contributed by atoms with Crippen molar-refractivity contribution >= 4 is 29.2 Å². The predicted octanol–water partition coefficient (Wildman–Crippen LogP) is 3.55. The van der Waals surface area contributed by atoms with Gasteiger partial charge < -0.3 is 5.32 Å². The molecule has 1 rings (SSSR count). The molecule has 1 aromatic heterocycles. The third-order valence-electron chi connectivity index (χ3n) is 2.25. The molecule has 0 saturated carbocycles. The van der Waals surface area contributed by atoms with E-state index in [9.17, 15) is 0 Å². The highest BCUT2D eigenvalue weighted by atomic mass is 35.5. The molecule has 1 aromatic rings. The Morgan fingerprint density at radius 3 is 2.94 bits per heavy atom. The van der Waals surface area contributed by atoms with Gasteiger partial charge in [-0.2, -0.15) is 17.0 Å². The molecular formula is C12H16ClN3S. The molecule has 3 nitrogen and oxygen atoms in total. The number of rotatable bonds is 7. The molecule has 0 atom stereocenters. The van der Waals surface area contributed by atoms with Gasteiger partial charge in [-0.25, -0.2) is 4.98 Å². The number of nitrogens with zero attached hydrogens (tertiary/aromatic N) is 2. The van der Waals surface area contributed by atoms with E-state index >= 15 is 0 Å². The number of halogens is 1. The topological polar surface area (TPSA) is 48.7 Å². The largest absolute Gasteiger partial charge is 0.370 e. The fraction of sp³-hybridized carbons (Fsp3) is 0.500. The molecule has 0 fully saturated rings. The van der Waals surface area contributed by atoms with Gasteiger partial charge in [0.15, 0.2) is 0 Å². The van der Waals surface area contributed by atoms with E-state index in [0.29, 0.717) is 16.5 Å². The summed E-state index contributed by atoms with van der Waals surface area (Å²) in [6.45, 7) is 0.868. The van der Waals surface area contributed by atoms with Crippen molar-refractivity contribution in [2.75, 3.05) is 23.9 Å². The fourth-order valence-corrected chi connectivity index (χ4v) is 2.12. The van der Waals surface area contributed by atoms with Gasteiger partial charge in [0.05, 0.1) is 11.6 Å². The highest BCUT2D eigenvalue weighted by molar-refractivity contribution is 7.98. The molecule has 92 valence electrons. The number of hydrogen-bond acceptors (Lipinski definition) is 4. The lowest BCUT2D eigenvalue weighted by atomic mass is 10.2. The Balaban J connectivity index is 2.32. The predicted molar refractivity (Wildman–Crippen MR) is 74.7 cm³/mol. The molecule has 0 bridgehead atoms. The van der Waals surface area contributed by atoms with Crippen LogP contribution in [0, 0.1) is 11.3 Å². The van der Waals surface area contributed by atoms with Gasteiger partial charge in [0.1, 0.15) is 11.0 Å². The van der Waals surface area contributed by atoms with Crippen LogP contribution in [0.2, 0.25) is 5.15 Å². The lowest BCUT2D eigenvalue weighted by Gasteiger charge is -2.06. The second-order valence-corrected chi connectivity index (χ2v) is 5.03. The number of anilines is 1. The van der Waals surface area contributed by atoms with E-state index in [0.717, 1.165) is 13.0 Å². The number of nitrogens with one attached hydrogen (secondary N) is 1. The third kappa shape index (κ3) is 5.81. The summed E-state index contributed by atoms with van der Waals surface area (Å²) in [5.41, 5.74) is 0.537. The van der Waals surface area contributed by atoms with Gasteiger partial charge in [0, 0.05) is 6.54 Å². The van der Waals surface area contributed by atoms with Crippen molar-refractivity contribution in [3.05, 3.63) is 22.8 Å². The zero-order valence-corrected chi connectivity index (χ0v) is 11.4. The SMILES string of the molecule is CSCCCCCNc1cc(C#N)cc(Cl)n1. The molecule has 17 heavy (non-hydrogen) atoms. The first-order chi connectivity index (χ1) is 8.26. The van der Waals surface area contributed by atoms with Gasteiger partial charge in [0.2, 0.25) is 0 Å². The zero-order valence-electron chi connectivity index (χ0n) is 9.87. The van der Waals surface area contributed by atoms with Crippen molar-refractivity contribution in [1.82, 2.24) is 4.98 Å². The van der Waals surface area contributed by atoms with E-state index in [2.05, 4.69) is 22.6 Å². The molecule has 1 heterocycles. The molecule has 1 N–H and O–H groups in total. The number of thioether (sulfide) groups is 1. The minimum atomic E-state index is 0.355. The Kier molecular flexibility index (Phi) is 6.83. The third-order valence-corrected chi connectivity index (χ3v) is 3.15. The molecule has 0 aliphatic carbocycles.